The van der Waals surface area contributed by atoms with Crippen molar-refractivity contribution in [2.75, 3.05) is 0 Å². The van der Waals surface area contributed by atoms with Crippen LogP contribution in [0.2, 0.25) is 0 Å². The van der Waals surface area contributed by atoms with Crippen LogP contribution < -0.4 is 5.32 Å². The summed E-state index contributed by atoms with van der Waals surface area (Å²) in [6.07, 6.45) is 8.44. The lowest BCUT2D eigenvalue weighted by atomic mass is 10.1. The maximum absolute atomic E-state index is 12.5. The van der Waals surface area contributed by atoms with Gasteiger partial charge in [0, 0.05) is 18.6 Å². The number of amides is 1. The van der Waals surface area contributed by atoms with Crippen molar-refractivity contribution in [3.8, 4) is 5.69 Å². The Labute approximate surface area is 144 Å². The van der Waals surface area contributed by atoms with Gasteiger partial charge in [0.05, 0.1) is 17.3 Å². The molecule has 0 aliphatic heterocycles. The molecular formula is C18H16N6O. The number of fused-ring (bicyclic) bond motifs is 1. The van der Waals surface area contributed by atoms with Crippen molar-refractivity contribution in [2.24, 2.45) is 0 Å². The van der Waals surface area contributed by atoms with Crippen LogP contribution in [0.25, 0.3) is 11.3 Å². The number of nitrogens with one attached hydrogen (secondary N) is 1. The van der Waals surface area contributed by atoms with Gasteiger partial charge in [-0.3, -0.25) is 4.79 Å². The Kier molecular flexibility index (Phi) is 3.74. The number of pyridine rings is 1. The molecule has 7 nitrogen and oxygen atoms in total. The first-order chi connectivity index (χ1) is 12.2. The van der Waals surface area contributed by atoms with Crippen LogP contribution >= 0.6 is 0 Å². The van der Waals surface area contributed by atoms with Gasteiger partial charge in [0.1, 0.15) is 18.3 Å². The average molecular weight is 332 g/mol. The maximum Gasteiger partial charge on any atom is 0.253 e. The fourth-order valence-corrected chi connectivity index (χ4v) is 2.67. The lowest BCUT2D eigenvalue weighted by molar-refractivity contribution is 0.0939. The van der Waals surface area contributed by atoms with Crippen LogP contribution in [0.1, 0.15) is 28.9 Å². The zero-order chi connectivity index (χ0) is 17.2. The van der Waals surface area contributed by atoms with Crippen LogP contribution in [-0.2, 0) is 0 Å². The van der Waals surface area contributed by atoms with Crippen molar-refractivity contribution in [2.45, 2.75) is 13.0 Å². The van der Waals surface area contributed by atoms with Crippen LogP contribution in [0.4, 0.5) is 0 Å². The molecule has 0 fully saturated rings. The van der Waals surface area contributed by atoms with Crippen molar-refractivity contribution in [1.29, 1.82) is 0 Å². The summed E-state index contributed by atoms with van der Waals surface area (Å²) in [7, 11) is 0. The van der Waals surface area contributed by atoms with Crippen LogP contribution in [0.15, 0.2) is 67.6 Å². The molecule has 25 heavy (non-hydrogen) atoms. The lowest BCUT2D eigenvalue weighted by Crippen LogP contribution is -2.26. The van der Waals surface area contributed by atoms with Crippen molar-refractivity contribution >= 4 is 11.6 Å². The Morgan fingerprint density at radius 2 is 2.00 bits per heavy atom. The van der Waals surface area contributed by atoms with Crippen molar-refractivity contribution in [3.05, 3.63) is 78.8 Å². The Morgan fingerprint density at radius 1 is 1.16 bits per heavy atom. The predicted molar refractivity (Wildman–Crippen MR) is 92.4 cm³/mol. The second-order valence-electron chi connectivity index (χ2n) is 5.74. The number of benzene rings is 1. The van der Waals surface area contributed by atoms with E-state index in [1.54, 1.807) is 29.5 Å². The predicted octanol–water partition coefficient (Wildman–Crippen LogP) is 2.41. The Hall–Kier alpha value is -3.48. The van der Waals surface area contributed by atoms with E-state index < -0.39 is 0 Å². The first-order valence-corrected chi connectivity index (χ1v) is 7.89. The van der Waals surface area contributed by atoms with Gasteiger partial charge in [-0.05, 0) is 36.8 Å². The molecule has 0 radical (unpaired) electrons. The molecule has 3 heterocycles. The van der Waals surface area contributed by atoms with Crippen LogP contribution in [0.3, 0.4) is 0 Å². The minimum Gasteiger partial charge on any atom is -0.345 e. The largest absolute Gasteiger partial charge is 0.345 e. The van der Waals surface area contributed by atoms with Gasteiger partial charge in [0.25, 0.3) is 5.91 Å². The number of carbonyl (C=O) groups is 1. The van der Waals surface area contributed by atoms with E-state index in [0.717, 1.165) is 16.9 Å². The number of imidazole rings is 1. The molecule has 3 aromatic heterocycles. The molecule has 124 valence electrons. The van der Waals surface area contributed by atoms with Gasteiger partial charge >= 0.3 is 0 Å². The minimum atomic E-state index is -0.122. The molecule has 1 amide bonds. The van der Waals surface area contributed by atoms with E-state index in [-0.39, 0.29) is 11.9 Å². The van der Waals surface area contributed by atoms with E-state index in [1.165, 1.54) is 6.33 Å². The van der Waals surface area contributed by atoms with Crippen molar-refractivity contribution < 1.29 is 4.79 Å². The fourth-order valence-electron chi connectivity index (χ4n) is 2.67. The molecule has 0 aliphatic rings. The van der Waals surface area contributed by atoms with Crippen molar-refractivity contribution in [1.82, 2.24) is 29.5 Å². The summed E-state index contributed by atoms with van der Waals surface area (Å²) in [5.74, 6) is -0.122. The summed E-state index contributed by atoms with van der Waals surface area (Å²) in [5.41, 5.74) is 3.34. The minimum absolute atomic E-state index is 0.115. The molecule has 0 unspecified atom stereocenters. The number of hydrogen-bond donors (Lipinski definition) is 1. The number of rotatable bonds is 4. The zero-order valence-electron chi connectivity index (χ0n) is 13.6. The Balaban J connectivity index is 1.49. The first kappa shape index (κ1) is 15.1. The molecule has 7 heteroatoms. The summed E-state index contributed by atoms with van der Waals surface area (Å²) in [4.78, 5) is 20.6. The van der Waals surface area contributed by atoms with E-state index in [4.69, 9.17) is 0 Å². The summed E-state index contributed by atoms with van der Waals surface area (Å²) in [6, 6.07) is 11.3. The molecule has 4 rings (SSSR count). The van der Waals surface area contributed by atoms with Crippen LogP contribution in [-0.4, -0.2) is 30.1 Å². The van der Waals surface area contributed by atoms with Gasteiger partial charge in [0.15, 0.2) is 0 Å². The topological polar surface area (TPSA) is 77.1 Å². The average Bonchev–Trinajstić information content (AvgIpc) is 3.32. The van der Waals surface area contributed by atoms with Gasteiger partial charge in [-0.25, -0.2) is 14.6 Å². The molecule has 1 N–H and O–H groups in total. The monoisotopic (exact) mass is 332 g/mol. The zero-order valence-corrected chi connectivity index (χ0v) is 13.6. The Bertz CT molecular complexity index is 1000. The molecule has 4 aromatic rings. The molecule has 1 aromatic carbocycles. The second-order valence-corrected chi connectivity index (χ2v) is 5.74. The molecule has 0 saturated heterocycles. The highest BCUT2D eigenvalue weighted by Gasteiger charge is 2.12. The SMILES string of the molecule is C[C@H](NC(=O)c1ccc2nccn2c1)c1ccc(-n2cncn2)cc1. The van der Waals surface area contributed by atoms with Gasteiger partial charge in [-0.15, -0.1) is 0 Å². The smallest absolute Gasteiger partial charge is 0.253 e. The number of aromatic nitrogens is 5. The third-order valence-corrected chi connectivity index (χ3v) is 4.07. The standard InChI is InChI=1S/C18H16N6O/c1-13(14-2-5-16(6-3-14)24-12-19-11-21-24)22-18(25)15-4-7-17-20-8-9-23(17)10-15/h2-13H,1H3,(H,22,25)/t13-/m0/s1. The fraction of sp³-hybridized carbons (Fsp3) is 0.111. The van der Waals surface area contributed by atoms with E-state index in [1.807, 2.05) is 47.9 Å². The first-order valence-electron chi connectivity index (χ1n) is 7.89. The normalized spacial score (nSPS) is 12.2. The highest BCUT2D eigenvalue weighted by Crippen LogP contribution is 2.16. The summed E-state index contributed by atoms with van der Waals surface area (Å²) < 4.78 is 3.51. The lowest BCUT2D eigenvalue weighted by Gasteiger charge is -2.15. The van der Waals surface area contributed by atoms with Gasteiger partial charge in [-0.1, -0.05) is 12.1 Å². The van der Waals surface area contributed by atoms with Crippen LogP contribution in [0, 0.1) is 0 Å². The maximum atomic E-state index is 12.5. The van der Waals surface area contributed by atoms with E-state index >= 15 is 0 Å². The van der Waals surface area contributed by atoms with Crippen molar-refractivity contribution in [3.63, 3.8) is 0 Å². The highest BCUT2D eigenvalue weighted by molar-refractivity contribution is 5.94. The Morgan fingerprint density at radius 3 is 2.76 bits per heavy atom. The quantitative estimate of drug-likeness (QED) is 0.622. The summed E-state index contributed by atoms with van der Waals surface area (Å²) in [6.45, 7) is 1.96. The third-order valence-electron chi connectivity index (χ3n) is 4.07. The van der Waals surface area contributed by atoms with Crippen LogP contribution in [0.5, 0.6) is 0 Å². The highest BCUT2D eigenvalue weighted by atomic mass is 16.1. The molecule has 0 spiro atoms. The number of hydrogen-bond acceptors (Lipinski definition) is 4. The third kappa shape index (κ3) is 2.99. The van der Waals surface area contributed by atoms with Gasteiger partial charge in [0.2, 0.25) is 0 Å². The molecular weight excluding hydrogens is 316 g/mol. The molecule has 0 aliphatic carbocycles. The van der Waals surface area contributed by atoms with E-state index in [0.29, 0.717) is 5.56 Å². The van der Waals surface area contributed by atoms with E-state index in [2.05, 4.69) is 20.4 Å². The second kappa shape index (κ2) is 6.20. The van der Waals surface area contributed by atoms with E-state index in [9.17, 15) is 4.79 Å². The molecule has 0 bridgehead atoms. The summed E-state index contributed by atoms with van der Waals surface area (Å²) in [5, 5.41) is 7.11. The molecule has 1 atom stereocenters. The number of nitrogens with zero attached hydrogens (tertiary/aromatic N) is 5. The number of carbonyl (C=O) groups excluding carboxylic acids is 1. The van der Waals surface area contributed by atoms with Gasteiger partial charge in [-0.2, -0.15) is 5.10 Å². The van der Waals surface area contributed by atoms with Gasteiger partial charge < -0.3 is 9.72 Å². The summed E-state index contributed by atoms with van der Waals surface area (Å²) >= 11 is 0. The molecule has 0 saturated carbocycles.